The molecule has 0 aliphatic heterocycles. The van der Waals surface area contributed by atoms with Crippen molar-refractivity contribution in [1.29, 1.82) is 0 Å². The van der Waals surface area contributed by atoms with Crippen LogP contribution in [0.5, 0.6) is 0 Å². The van der Waals surface area contributed by atoms with Gasteiger partial charge in [0, 0.05) is 18.9 Å². The molecule has 0 rings (SSSR count). The van der Waals surface area contributed by atoms with Crippen molar-refractivity contribution in [2.45, 2.75) is 39.3 Å². The summed E-state index contributed by atoms with van der Waals surface area (Å²) in [5.41, 5.74) is 0. The van der Waals surface area contributed by atoms with Gasteiger partial charge in [-0.1, -0.05) is 39.3 Å². The minimum Gasteiger partial charge on any atom is -0.351 e. The van der Waals surface area contributed by atoms with E-state index in [-0.39, 0.29) is 18.9 Å². The van der Waals surface area contributed by atoms with E-state index in [4.69, 9.17) is 10.8 Å². The van der Waals surface area contributed by atoms with Crippen LogP contribution in [0.1, 0.15) is 0 Å². The Morgan fingerprint density at radius 3 is 0.636 bits per heavy atom. The summed E-state index contributed by atoms with van der Waals surface area (Å²) in [5.74, 6) is 0. The molecule has 0 aliphatic rings. The van der Waals surface area contributed by atoms with E-state index in [1.807, 2.05) is 0 Å². The SMILES string of the molecule is C[Si](C)(C)N.C[Si](C)(C)N.[Li]. The Hall–Kier alpha value is 0.951. The summed E-state index contributed by atoms with van der Waals surface area (Å²) in [5, 5.41) is 11.0. The van der Waals surface area contributed by atoms with Crippen LogP contribution < -0.4 is 10.8 Å². The summed E-state index contributed by atoms with van der Waals surface area (Å²) in [6.45, 7) is 12.6. The molecule has 1 radical (unpaired) electrons. The van der Waals surface area contributed by atoms with Crippen molar-refractivity contribution >= 4 is 35.3 Å². The molecular formula is C6H22LiN2Si2. The average Bonchev–Trinajstić information content (AvgIpc) is 1.12. The van der Waals surface area contributed by atoms with Crippen LogP contribution in [0, 0.1) is 0 Å². The van der Waals surface area contributed by atoms with E-state index in [1.165, 1.54) is 0 Å². The largest absolute Gasteiger partial charge is 0.351 e. The molecular weight excluding hydrogens is 163 g/mol. The molecule has 0 heterocycles. The minimum absolute atomic E-state index is 0. The second-order valence-corrected chi connectivity index (χ2v) is 14.2. The molecule has 0 saturated heterocycles. The Kier molecular flexibility index (Phi) is 10.5. The Balaban J connectivity index is -0.000000107. The predicted molar refractivity (Wildman–Crippen MR) is 60.8 cm³/mol. The molecule has 4 N–H and O–H groups in total. The third kappa shape index (κ3) is 970. The maximum Gasteiger partial charge on any atom is 0.113 e. The summed E-state index contributed by atoms with van der Waals surface area (Å²) in [4.78, 5) is 0. The summed E-state index contributed by atoms with van der Waals surface area (Å²) in [6, 6.07) is 0. The number of hydrogen-bond acceptors (Lipinski definition) is 2. The monoisotopic (exact) mass is 185 g/mol. The number of hydrogen-bond donors (Lipinski definition) is 2. The molecule has 0 fully saturated rings. The van der Waals surface area contributed by atoms with Gasteiger partial charge < -0.3 is 10.8 Å². The fraction of sp³-hybridized carbons (Fsp3) is 1.00. The zero-order valence-corrected chi connectivity index (χ0v) is 11.2. The average molecular weight is 185 g/mol. The molecule has 0 amide bonds. The van der Waals surface area contributed by atoms with Gasteiger partial charge in [0.25, 0.3) is 0 Å². The van der Waals surface area contributed by atoms with E-state index in [0.29, 0.717) is 0 Å². The minimum atomic E-state index is -1.11. The fourth-order valence-electron chi connectivity index (χ4n) is 0. The fourth-order valence-corrected chi connectivity index (χ4v) is 0. The molecule has 0 aliphatic carbocycles. The Morgan fingerprint density at radius 2 is 0.636 bits per heavy atom. The number of rotatable bonds is 0. The molecule has 2 nitrogen and oxygen atoms in total. The van der Waals surface area contributed by atoms with Gasteiger partial charge in [-0.15, -0.1) is 0 Å². The third-order valence-corrected chi connectivity index (χ3v) is 0. The quantitative estimate of drug-likeness (QED) is 0.557. The molecule has 0 spiro atoms. The van der Waals surface area contributed by atoms with Gasteiger partial charge in [0.15, 0.2) is 0 Å². The van der Waals surface area contributed by atoms with Crippen LogP contribution >= 0.6 is 0 Å². The summed E-state index contributed by atoms with van der Waals surface area (Å²) >= 11 is 0. The summed E-state index contributed by atoms with van der Waals surface area (Å²) < 4.78 is 0. The van der Waals surface area contributed by atoms with Crippen molar-refractivity contribution in [1.82, 2.24) is 0 Å². The van der Waals surface area contributed by atoms with Gasteiger partial charge in [0.1, 0.15) is 16.5 Å². The Morgan fingerprint density at radius 1 is 0.636 bits per heavy atom. The van der Waals surface area contributed by atoms with Gasteiger partial charge >= 0.3 is 0 Å². The van der Waals surface area contributed by atoms with Gasteiger partial charge in [-0.3, -0.25) is 0 Å². The smallest absolute Gasteiger partial charge is 0.113 e. The zero-order valence-electron chi connectivity index (χ0n) is 9.15. The van der Waals surface area contributed by atoms with Crippen LogP contribution in [0.15, 0.2) is 0 Å². The molecule has 0 bridgehead atoms. The first kappa shape index (κ1) is 17.9. The second kappa shape index (κ2) is 6.47. The van der Waals surface area contributed by atoms with Crippen LogP contribution in [-0.2, 0) is 0 Å². The van der Waals surface area contributed by atoms with Crippen molar-refractivity contribution in [3.63, 3.8) is 0 Å². The first-order valence-corrected chi connectivity index (χ1v) is 10.7. The maximum atomic E-state index is 5.49. The topological polar surface area (TPSA) is 52.0 Å². The molecule has 0 saturated carbocycles. The summed E-state index contributed by atoms with van der Waals surface area (Å²) in [6.07, 6.45) is 0. The van der Waals surface area contributed by atoms with Gasteiger partial charge in [-0.05, 0) is 0 Å². The maximum absolute atomic E-state index is 5.49. The summed E-state index contributed by atoms with van der Waals surface area (Å²) in [7, 11) is -2.22. The molecule has 11 heavy (non-hydrogen) atoms. The van der Waals surface area contributed by atoms with Crippen LogP contribution in [0.2, 0.25) is 39.3 Å². The first-order chi connectivity index (χ1) is 4.00. The van der Waals surface area contributed by atoms with E-state index in [1.54, 1.807) is 0 Å². The Bertz CT molecular complexity index is 61.6. The van der Waals surface area contributed by atoms with E-state index < -0.39 is 16.5 Å². The molecule has 0 atom stereocenters. The normalized spacial score (nSPS) is 10.9. The van der Waals surface area contributed by atoms with Crippen molar-refractivity contribution in [2.75, 3.05) is 0 Å². The number of nitrogens with two attached hydrogens (primary N) is 2. The Labute approximate surface area is 85.5 Å². The van der Waals surface area contributed by atoms with E-state index in [2.05, 4.69) is 39.3 Å². The second-order valence-electron chi connectivity index (χ2n) is 4.73. The van der Waals surface area contributed by atoms with Gasteiger partial charge in [0.2, 0.25) is 0 Å². The molecule has 0 aromatic heterocycles. The van der Waals surface area contributed by atoms with E-state index in [0.717, 1.165) is 0 Å². The van der Waals surface area contributed by atoms with Gasteiger partial charge in [-0.2, -0.15) is 0 Å². The van der Waals surface area contributed by atoms with E-state index in [9.17, 15) is 0 Å². The molecule has 0 aromatic carbocycles. The standard InChI is InChI=1S/2C3H11NSi.Li/c2*1-5(2,3)4;/h2*4H2,1-3H3;. The predicted octanol–water partition coefficient (Wildman–Crippen LogP) is 1.18. The van der Waals surface area contributed by atoms with Crippen LogP contribution in [0.3, 0.4) is 0 Å². The van der Waals surface area contributed by atoms with Gasteiger partial charge in [0.05, 0.1) is 0 Å². The van der Waals surface area contributed by atoms with Crippen molar-refractivity contribution in [3.8, 4) is 0 Å². The molecule has 65 valence electrons. The van der Waals surface area contributed by atoms with Crippen LogP contribution in [0.4, 0.5) is 0 Å². The van der Waals surface area contributed by atoms with Gasteiger partial charge in [-0.25, -0.2) is 0 Å². The van der Waals surface area contributed by atoms with Crippen molar-refractivity contribution in [2.24, 2.45) is 10.8 Å². The first-order valence-electron chi connectivity index (χ1n) is 3.58. The van der Waals surface area contributed by atoms with Crippen LogP contribution in [0.25, 0.3) is 0 Å². The molecule has 5 heteroatoms. The molecule has 0 unspecified atom stereocenters. The van der Waals surface area contributed by atoms with Crippen molar-refractivity contribution < 1.29 is 0 Å². The van der Waals surface area contributed by atoms with Crippen molar-refractivity contribution in [3.05, 3.63) is 0 Å². The molecule has 0 aromatic rings. The zero-order chi connectivity index (χ0) is 9.00. The van der Waals surface area contributed by atoms with E-state index >= 15 is 0 Å². The third-order valence-electron chi connectivity index (χ3n) is 0. The van der Waals surface area contributed by atoms with Crippen LogP contribution in [-0.4, -0.2) is 35.3 Å².